The summed E-state index contributed by atoms with van der Waals surface area (Å²) in [4.78, 5) is 22.9. The van der Waals surface area contributed by atoms with Crippen LogP contribution in [0.2, 0.25) is 0 Å². The van der Waals surface area contributed by atoms with Crippen LogP contribution in [0.25, 0.3) is 10.2 Å². The molecule has 0 spiro atoms. The van der Waals surface area contributed by atoms with E-state index in [1.165, 1.54) is 29.0 Å². The zero-order valence-corrected chi connectivity index (χ0v) is 18.3. The first kappa shape index (κ1) is 19.6. The molecule has 3 aromatic rings. The molecule has 1 saturated heterocycles. The Morgan fingerprint density at radius 3 is 2.67 bits per heavy atom. The van der Waals surface area contributed by atoms with Gasteiger partial charge in [-0.15, -0.1) is 11.3 Å². The summed E-state index contributed by atoms with van der Waals surface area (Å²) in [7, 11) is 0. The lowest BCUT2D eigenvalue weighted by atomic mass is 9.97. The normalized spacial score (nSPS) is 16.6. The van der Waals surface area contributed by atoms with E-state index < -0.39 is 0 Å². The van der Waals surface area contributed by atoms with Crippen molar-refractivity contribution >= 4 is 38.9 Å². The summed E-state index contributed by atoms with van der Waals surface area (Å²) in [6.45, 7) is 6.16. The number of nitrogens with one attached hydrogen (secondary N) is 1. The van der Waals surface area contributed by atoms with Crippen LogP contribution >= 0.6 is 11.3 Å². The lowest BCUT2D eigenvalue weighted by Crippen LogP contribution is -2.36. The number of ether oxygens (including phenoxy) is 1. The zero-order chi connectivity index (χ0) is 20.5. The molecule has 1 aliphatic carbocycles. The Kier molecular flexibility index (Phi) is 5.48. The van der Waals surface area contributed by atoms with Crippen molar-refractivity contribution < 1.29 is 4.74 Å². The molecule has 6 nitrogen and oxygen atoms in total. The smallest absolute Gasteiger partial charge is 0.263 e. The van der Waals surface area contributed by atoms with Crippen molar-refractivity contribution in [1.29, 1.82) is 0 Å². The molecule has 1 N–H and O–H groups in total. The van der Waals surface area contributed by atoms with Crippen LogP contribution in [-0.2, 0) is 24.1 Å². The third kappa shape index (κ3) is 3.61. The van der Waals surface area contributed by atoms with Gasteiger partial charge >= 0.3 is 0 Å². The number of nitrogens with zero attached hydrogens (tertiary/aromatic N) is 3. The van der Waals surface area contributed by atoms with Gasteiger partial charge in [-0.25, -0.2) is 4.98 Å². The van der Waals surface area contributed by atoms with Gasteiger partial charge in [0.05, 0.1) is 18.6 Å². The van der Waals surface area contributed by atoms with Crippen LogP contribution in [0.3, 0.4) is 0 Å². The molecule has 0 bridgehead atoms. The first-order valence-electron chi connectivity index (χ1n) is 11.0. The lowest BCUT2D eigenvalue weighted by molar-refractivity contribution is 0.122. The Hall–Kier alpha value is -2.38. The largest absolute Gasteiger partial charge is 0.378 e. The molecule has 0 radical (unpaired) electrons. The molecule has 7 heteroatoms. The highest BCUT2D eigenvalue weighted by Gasteiger charge is 2.22. The van der Waals surface area contributed by atoms with E-state index in [-0.39, 0.29) is 5.56 Å². The quantitative estimate of drug-likeness (QED) is 0.661. The summed E-state index contributed by atoms with van der Waals surface area (Å²) in [6, 6.07) is 8.38. The molecule has 1 aliphatic heterocycles. The number of aryl methyl sites for hydroxylation is 2. The number of thiophene rings is 1. The minimum absolute atomic E-state index is 0.105. The van der Waals surface area contributed by atoms with Crippen LogP contribution in [0.4, 0.5) is 17.3 Å². The predicted octanol–water partition coefficient (Wildman–Crippen LogP) is 4.33. The van der Waals surface area contributed by atoms with Crippen LogP contribution in [0.1, 0.15) is 36.6 Å². The molecule has 3 heterocycles. The second-order valence-electron chi connectivity index (χ2n) is 8.05. The van der Waals surface area contributed by atoms with Crippen molar-refractivity contribution in [2.75, 3.05) is 36.5 Å². The molecule has 1 aromatic carbocycles. The Bertz CT molecular complexity index is 1100. The standard InChI is InChI=1S/C23H28N4O2S/c1-2-11-27-22(28)20-18-5-3-4-6-19(18)30-21(20)25-23(27)24-16-7-9-17(10-8-16)26-12-14-29-15-13-26/h7-10H,2-6,11-15H2,1H3,(H,24,25). The molecular weight excluding hydrogens is 396 g/mol. The summed E-state index contributed by atoms with van der Waals surface area (Å²) < 4.78 is 7.26. The number of morpholine rings is 1. The number of hydrogen-bond acceptors (Lipinski definition) is 6. The van der Waals surface area contributed by atoms with E-state index in [1.807, 2.05) is 4.57 Å². The molecule has 2 aromatic heterocycles. The van der Waals surface area contributed by atoms with Gasteiger partial charge in [-0.05, 0) is 61.9 Å². The minimum Gasteiger partial charge on any atom is -0.378 e. The monoisotopic (exact) mass is 424 g/mol. The Morgan fingerprint density at radius 2 is 1.90 bits per heavy atom. The molecule has 0 atom stereocenters. The summed E-state index contributed by atoms with van der Waals surface area (Å²) >= 11 is 1.70. The fourth-order valence-electron chi connectivity index (χ4n) is 4.47. The maximum absolute atomic E-state index is 13.4. The van der Waals surface area contributed by atoms with E-state index in [1.54, 1.807) is 11.3 Å². The van der Waals surface area contributed by atoms with Crippen LogP contribution in [-0.4, -0.2) is 35.9 Å². The van der Waals surface area contributed by atoms with Crippen LogP contribution < -0.4 is 15.8 Å². The van der Waals surface area contributed by atoms with Crippen molar-refractivity contribution in [3.05, 3.63) is 45.1 Å². The molecule has 30 heavy (non-hydrogen) atoms. The fourth-order valence-corrected chi connectivity index (χ4v) is 5.72. The van der Waals surface area contributed by atoms with Crippen LogP contribution in [0.5, 0.6) is 0 Å². The van der Waals surface area contributed by atoms with Gasteiger partial charge in [-0.1, -0.05) is 6.92 Å². The molecule has 158 valence electrons. The van der Waals surface area contributed by atoms with E-state index >= 15 is 0 Å². The van der Waals surface area contributed by atoms with Gasteiger partial charge in [0.15, 0.2) is 0 Å². The Labute approximate surface area is 180 Å². The van der Waals surface area contributed by atoms with E-state index in [2.05, 4.69) is 41.4 Å². The third-order valence-electron chi connectivity index (χ3n) is 6.02. The summed E-state index contributed by atoms with van der Waals surface area (Å²) in [5.74, 6) is 0.645. The average Bonchev–Trinajstić information content (AvgIpc) is 3.16. The number of hydrogen-bond donors (Lipinski definition) is 1. The number of aromatic nitrogens is 2. The number of benzene rings is 1. The van der Waals surface area contributed by atoms with Crippen LogP contribution in [0, 0.1) is 0 Å². The van der Waals surface area contributed by atoms with E-state index in [0.717, 1.165) is 61.5 Å². The van der Waals surface area contributed by atoms with Crippen molar-refractivity contribution in [1.82, 2.24) is 9.55 Å². The van der Waals surface area contributed by atoms with Gasteiger partial charge in [0.25, 0.3) is 5.56 Å². The van der Waals surface area contributed by atoms with Crippen molar-refractivity contribution in [3.63, 3.8) is 0 Å². The third-order valence-corrected chi connectivity index (χ3v) is 7.21. The highest BCUT2D eigenvalue weighted by molar-refractivity contribution is 7.18. The predicted molar refractivity (Wildman–Crippen MR) is 124 cm³/mol. The van der Waals surface area contributed by atoms with Crippen LogP contribution in [0.15, 0.2) is 29.1 Å². The van der Waals surface area contributed by atoms with Gasteiger partial charge in [-0.2, -0.15) is 0 Å². The summed E-state index contributed by atoms with van der Waals surface area (Å²) in [6.07, 6.45) is 5.36. The van der Waals surface area contributed by atoms with E-state index in [9.17, 15) is 4.79 Å². The Balaban J connectivity index is 1.48. The Morgan fingerprint density at radius 1 is 1.13 bits per heavy atom. The van der Waals surface area contributed by atoms with Crippen molar-refractivity contribution in [2.24, 2.45) is 0 Å². The van der Waals surface area contributed by atoms with Gasteiger partial charge in [0, 0.05) is 35.9 Å². The molecule has 1 fully saturated rings. The molecule has 0 amide bonds. The first-order valence-corrected chi connectivity index (χ1v) is 11.8. The molecule has 5 rings (SSSR count). The van der Waals surface area contributed by atoms with E-state index in [0.29, 0.717) is 12.5 Å². The average molecular weight is 425 g/mol. The molecule has 0 unspecified atom stereocenters. The van der Waals surface area contributed by atoms with Crippen molar-refractivity contribution in [2.45, 2.75) is 45.6 Å². The molecule has 0 saturated carbocycles. The second kappa shape index (κ2) is 8.40. The highest BCUT2D eigenvalue weighted by Crippen LogP contribution is 2.34. The second-order valence-corrected chi connectivity index (χ2v) is 9.14. The van der Waals surface area contributed by atoms with Gasteiger partial charge in [0.1, 0.15) is 4.83 Å². The van der Waals surface area contributed by atoms with Crippen molar-refractivity contribution in [3.8, 4) is 0 Å². The number of rotatable bonds is 5. The minimum atomic E-state index is 0.105. The maximum Gasteiger partial charge on any atom is 0.263 e. The van der Waals surface area contributed by atoms with Gasteiger partial charge < -0.3 is 15.0 Å². The first-order chi connectivity index (χ1) is 14.7. The molecular formula is C23H28N4O2S. The fraction of sp³-hybridized carbons (Fsp3) is 0.478. The number of anilines is 3. The lowest BCUT2D eigenvalue weighted by Gasteiger charge is -2.29. The zero-order valence-electron chi connectivity index (χ0n) is 17.4. The summed E-state index contributed by atoms with van der Waals surface area (Å²) in [5.41, 5.74) is 3.51. The van der Waals surface area contributed by atoms with E-state index in [4.69, 9.17) is 9.72 Å². The topological polar surface area (TPSA) is 59.4 Å². The van der Waals surface area contributed by atoms with Gasteiger partial charge in [0.2, 0.25) is 5.95 Å². The maximum atomic E-state index is 13.4. The summed E-state index contributed by atoms with van der Waals surface area (Å²) in [5, 5.41) is 4.27. The molecule has 2 aliphatic rings. The number of fused-ring (bicyclic) bond motifs is 3. The highest BCUT2D eigenvalue weighted by atomic mass is 32.1. The van der Waals surface area contributed by atoms with Gasteiger partial charge in [-0.3, -0.25) is 9.36 Å². The SMILES string of the molecule is CCCn1c(Nc2ccc(N3CCOCC3)cc2)nc2sc3c(c2c1=O)CCCC3.